The predicted octanol–water partition coefficient (Wildman–Crippen LogP) is 1.40. The van der Waals surface area contributed by atoms with Crippen LogP contribution >= 0.6 is 0 Å². The second-order valence-corrected chi connectivity index (χ2v) is 5.75. The maximum Gasteiger partial charge on any atom is 0.342 e. The van der Waals surface area contributed by atoms with Crippen molar-refractivity contribution in [2.75, 3.05) is 0 Å². The molecule has 0 saturated carbocycles. The molecule has 0 aliphatic carbocycles. The molecule has 108 valence electrons. The monoisotopic (exact) mass is 283 g/mol. The van der Waals surface area contributed by atoms with Gasteiger partial charge in [0.2, 0.25) is 0 Å². The van der Waals surface area contributed by atoms with E-state index in [2.05, 4.69) is 20.7 Å². The molecule has 0 aromatic carbocycles. The molecular formula is C15H17N5O. The summed E-state index contributed by atoms with van der Waals surface area (Å²) < 4.78 is 1.37. The van der Waals surface area contributed by atoms with Gasteiger partial charge in [0.25, 0.3) is 0 Å². The molecule has 2 bridgehead atoms. The average Bonchev–Trinajstić information content (AvgIpc) is 3.24. The Morgan fingerprint density at radius 1 is 1.33 bits per heavy atom. The first-order valence-corrected chi connectivity index (χ1v) is 7.31. The lowest BCUT2D eigenvalue weighted by molar-refractivity contribution is 0.233. The minimum atomic E-state index is -0.163. The quantitative estimate of drug-likeness (QED) is 0.874. The van der Waals surface area contributed by atoms with Crippen LogP contribution in [0.25, 0.3) is 11.1 Å². The summed E-state index contributed by atoms with van der Waals surface area (Å²) in [6, 6.07) is 4.88. The van der Waals surface area contributed by atoms with Gasteiger partial charge in [-0.05, 0) is 25.3 Å². The van der Waals surface area contributed by atoms with Crippen molar-refractivity contribution in [3.05, 3.63) is 36.9 Å². The third kappa shape index (κ3) is 2.31. The highest BCUT2D eigenvalue weighted by atomic mass is 16.2. The second kappa shape index (κ2) is 4.96. The number of pyridine rings is 1. The molecule has 0 radical (unpaired) electrons. The predicted molar refractivity (Wildman–Crippen MR) is 77.7 cm³/mol. The number of rotatable bonds is 2. The van der Waals surface area contributed by atoms with E-state index in [-0.39, 0.29) is 12.1 Å². The lowest BCUT2D eigenvalue weighted by atomic mass is 9.96. The molecule has 6 heteroatoms. The number of amides is 1. The second-order valence-electron chi connectivity index (χ2n) is 5.75. The standard InChI is InChI=1S/C15H17N5O/c21-15(19-14-6-12-3-4-13(14)18-12)20-9-11(8-17-20)10-2-1-5-16-7-10/h1-2,5,7-9,12-14,18H,3-4,6H2,(H,19,21). The number of aromatic nitrogens is 3. The van der Waals surface area contributed by atoms with Crippen molar-refractivity contribution in [2.24, 2.45) is 0 Å². The summed E-state index contributed by atoms with van der Waals surface area (Å²) in [4.78, 5) is 16.3. The van der Waals surface area contributed by atoms with Crippen molar-refractivity contribution in [2.45, 2.75) is 37.4 Å². The molecule has 21 heavy (non-hydrogen) atoms. The van der Waals surface area contributed by atoms with E-state index >= 15 is 0 Å². The lowest BCUT2D eigenvalue weighted by Gasteiger charge is -2.21. The van der Waals surface area contributed by atoms with Crippen LogP contribution in [0.15, 0.2) is 36.9 Å². The Hall–Kier alpha value is -2.21. The van der Waals surface area contributed by atoms with Gasteiger partial charge >= 0.3 is 6.03 Å². The van der Waals surface area contributed by atoms with Gasteiger partial charge < -0.3 is 10.6 Å². The van der Waals surface area contributed by atoms with Gasteiger partial charge in [-0.2, -0.15) is 9.78 Å². The third-order valence-electron chi connectivity index (χ3n) is 4.39. The van der Waals surface area contributed by atoms with Gasteiger partial charge in [0.1, 0.15) is 0 Å². The molecule has 2 aromatic rings. The molecule has 6 nitrogen and oxygen atoms in total. The van der Waals surface area contributed by atoms with Crippen LogP contribution in [-0.4, -0.2) is 38.9 Å². The van der Waals surface area contributed by atoms with Gasteiger partial charge in [-0.1, -0.05) is 6.07 Å². The molecule has 0 spiro atoms. The van der Waals surface area contributed by atoms with Crippen LogP contribution in [0, 0.1) is 0 Å². The van der Waals surface area contributed by atoms with E-state index in [1.807, 2.05) is 12.1 Å². The fourth-order valence-electron chi connectivity index (χ4n) is 3.32. The SMILES string of the molecule is O=C(NC1CC2CCC1N2)n1cc(-c2cccnc2)cn1. The highest BCUT2D eigenvalue weighted by molar-refractivity contribution is 5.77. The molecule has 4 rings (SSSR count). The summed E-state index contributed by atoms with van der Waals surface area (Å²) in [5.41, 5.74) is 1.85. The van der Waals surface area contributed by atoms with Gasteiger partial charge in [0.15, 0.2) is 0 Å². The fraction of sp³-hybridized carbons (Fsp3) is 0.400. The number of nitrogens with one attached hydrogen (secondary N) is 2. The first kappa shape index (κ1) is 12.5. The first-order valence-electron chi connectivity index (χ1n) is 7.31. The van der Waals surface area contributed by atoms with Crippen molar-refractivity contribution in [1.29, 1.82) is 0 Å². The fourth-order valence-corrected chi connectivity index (χ4v) is 3.32. The molecule has 1 amide bonds. The molecular weight excluding hydrogens is 266 g/mol. The Kier molecular flexibility index (Phi) is 2.96. The summed E-state index contributed by atoms with van der Waals surface area (Å²) in [5, 5.41) is 10.7. The molecule has 3 atom stereocenters. The zero-order valence-corrected chi connectivity index (χ0v) is 11.6. The molecule has 2 aromatic heterocycles. The normalized spacial score (nSPS) is 27.0. The Labute approximate surface area is 122 Å². The molecule has 3 unspecified atom stereocenters. The van der Waals surface area contributed by atoms with E-state index in [4.69, 9.17) is 0 Å². The van der Waals surface area contributed by atoms with Crippen molar-refractivity contribution in [3.63, 3.8) is 0 Å². The van der Waals surface area contributed by atoms with Crippen molar-refractivity contribution < 1.29 is 4.79 Å². The first-order chi connectivity index (χ1) is 10.3. The maximum atomic E-state index is 12.3. The van der Waals surface area contributed by atoms with Crippen LogP contribution in [0.4, 0.5) is 4.79 Å². The smallest absolute Gasteiger partial charge is 0.332 e. The van der Waals surface area contributed by atoms with Gasteiger partial charge in [-0.3, -0.25) is 4.98 Å². The number of fused-ring (bicyclic) bond motifs is 2. The van der Waals surface area contributed by atoms with Crippen molar-refractivity contribution in [3.8, 4) is 11.1 Å². The van der Waals surface area contributed by atoms with E-state index in [0.29, 0.717) is 12.1 Å². The summed E-state index contributed by atoms with van der Waals surface area (Å²) in [5.74, 6) is 0. The van der Waals surface area contributed by atoms with E-state index < -0.39 is 0 Å². The molecule has 2 fully saturated rings. The highest BCUT2D eigenvalue weighted by Crippen LogP contribution is 2.28. The molecule has 2 saturated heterocycles. The Balaban J connectivity index is 1.47. The molecule has 2 aliphatic heterocycles. The maximum absolute atomic E-state index is 12.3. The number of hydrogen-bond acceptors (Lipinski definition) is 4. The summed E-state index contributed by atoms with van der Waals surface area (Å²) in [7, 11) is 0. The van der Waals surface area contributed by atoms with Crippen LogP contribution in [0.2, 0.25) is 0 Å². The summed E-state index contributed by atoms with van der Waals surface area (Å²) >= 11 is 0. The van der Waals surface area contributed by atoms with E-state index in [0.717, 1.165) is 24.0 Å². The average molecular weight is 283 g/mol. The summed E-state index contributed by atoms with van der Waals surface area (Å²) in [6.07, 6.45) is 10.3. The van der Waals surface area contributed by atoms with Crippen molar-refractivity contribution in [1.82, 2.24) is 25.4 Å². The Bertz CT molecular complexity index is 653. The van der Waals surface area contributed by atoms with Crippen LogP contribution in [0.1, 0.15) is 19.3 Å². The molecule has 2 N–H and O–H groups in total. The van der Waals surface area contributed by atoms with Crippen LogP contribution in [0.3, 0.4) is 0 Å². The molecule has 2 aliphatic rings. The zero-order chi connectivity index (χ0) is 14.2. The van der Waals surface area contributed by atoms with Crippen LogP contribution in [-0.2, 0) is 0 Å². The number of hydrogen-bond donors (Lipinski definition) is 2. The topological polar surface area (TPSA) is 71.8 Å². The lowest BCUT2D eigenvalue weighted by Crippen LogP contribution is -2.44. The summed E-state index contributed by atoms with van der Waals surface area (Å²) in [6.45, 7) is 0. The van der Waals surface area contributed by atoms with E-state index in [1.165, 1.54) is 11.1 Å². The van der Waals surface area contributed by atoms with Crippen LogP contribution in [0.5, 0.6) is 0 Å². The highest BCUT2D eigenvalue weighted by Gasteiger charge is 2.39. The van der Waals surface area contributed by atoms with Gasteiger partial charge in [-0.25, -0.2) is 4.79 Å². The van der Waals surface area contributed by atoms with E-state index in [9.17, 15) is 4.79 Å². The van der Waals surface area contributed by atoms with Crippen molar-refractivity contribution >= 4 is 6.03 Å². The van der Waals surface area contributed by atoms with Crippen LogP contribution < -0.4 is 10.6 Å². The molecule has 4 heterocycles. The number of nitrogens with zero attached hydrogens (tertiary/aromatic N) is 3. The van der Waals surface area contributed by atoms with Gasteiger partial charge in [0.05, 0.1) is 6.20 Å². The Morgan fingerprint density at radius 3 is 3.00 bits per heavy atom. The largest absolute Gasteiger partial charge is 0.342 e. The van der Waals surface area contributed by atoms with Gasteiger partial charge in [0, 0.05) is 47.8 Å². The third-order valence-corrected chi connectivity index (χ3v) is 4.39. The number of carbonyl (C=O) groups is 1. The zero-order valence-electron chi connectivity index (χ0n) is 11.6. The minimum absolute atomic E-state index is 0.163. The number of carbonyl (C=O) groups excluding carboxylic acids is 1. The van der Waals surface area contributed by atoms with E-state index in [1.54, 1.807) is 24.8 Å². The Morgan fingerprint density at radius 2 is 2.29 bits per heavy atom. The van der Waals surface area contributed by atoms with Gasteiger partial charge in [-0.15, -0.1) is 0 Å². The minimum Gasteiger partial charge on any atom is -0.332 e.